The second-order valence-corrected chi connectivity index (χ2v) is 3.27. The molecule has 0 spiro atoms. The second kappa shape index (κ2) is 6.30. The summed E-state index contributed by atoms with van der Waals surface area (Å²) in [6, 6.07) is 7.17. The number of hydrogen-bond donors (Lipinski definition) is 0. The number of rotatable bonds is 2. The highest BCUT2D eigenvalue weighted by atomic mass is 127. The molecule has 0 aromatic heterocycles. The molecule has 0 bridgehead atoms. The Morgan fingerprint density at radius 1 is 1.53 bits per heavy atom. The molecule has 0 aliphatic rings. The van der Waals surface area contributed by atoms with Crippen LogP contribution >= 0.6 is 22.6 Å². The fourth-order valence-corrected chi connectivity index (χ4v) is 1.08. The van der Waals surface area contributed by atoms with E-state index in [-0.39, 0.29) is 6.61 Å². The van der Waals surface area contributed by atoms with E-state index in [2.05, 4.69) is 14.6 Å². The van der Waals surface area contributed by atoms with Crippen molar-refractivity contribution in [2.24, 2.45) is 0 Å². The highest BCUT2D eigenvalue weighted by Gasteiger charge is 2.04. The lowest BCUT2D eigenvalue weighted by Gasteiger charge is -2.03. The summed E-state index contributed by atoms with van der Waals surface area (Å²) in [5.74, 6) is 3.06. The van der Waals surface area contributed by atoms with Gasteiger partial charge in [-0.25, -0.2) is 4.79 Å². The summed E-state index contributed by atoms with van der Waals surface area (Å²) in [6.07, 6.45) is -0.736. The van der Waals surface area contributed by atoms with Gasteiger partial charge in [0, 0.05) is 22.6 Å². The van der Waals surface area contributed by atoms with Gasteiger partial charge in [0.05, 0.1) is 0 Å². The maximum atomic E-state index is 11.1. The van der Waals surface area contributed by atoms with Crippen LogP contribution in [0.1, 0.15) is 5.56 Å². The Morgan fingerprint density at radius 2 is 2.33 bits per heavy atom. The Hall–Kier alpha value is -1.22. The molecule has 1 aromatic rings. The molecule has 0 aliphatic carbocycles. The van der Waals surface area contributed by atoms with Gasteiger partial charge in [-0.3, -0.25) is 0 Å². The third-order valence-electron chi connectivity index (χ3n) is 1.52. The van der Waals surface area contributed by atoms with Gasteiger partial charge in [-0.05, 0) is 28.5 Å². The molecule has 0 atom stereocenters. The normalized spacial score (nSPS) is 8.67. The zero-order valence-electron chi connectivity index (χ0n) is 8.12. The van der Waals surface area contributed by atoms with Crippen LogP contribution in [0, 0.1) is 16.8 Å². The van der Waals surface area contributed by atoms with E-state index in [1.807, 2.05) is 41.6 Å². The predicted molar refractivity (Wildman–Crippen MR) is 65.0 cm³/mol. The van der Waals surface area contributed by atoms with Gasteiger partial charge >= 0.3 is 6.16 Å². The molecule has 0 aliphatic heterocycles. The largest absolute Gasteiger partial charge is 0.514 e. The van der Waals surface area contributed by atoms with Crippen molar-refractivity contribution in [1.29, 1.82) is 0 Å². The molecule has 0 saturated carbocycles. The SMILES string of the molecule is Cc1cccc(OC(=O)OCC#CI)c1. The Balaban J connectivity index is 2.46. The van der Waals surface area contributed by atoms with Gasteiger partial charge in [0.1, 0.15) is 5.75 Å². The molecule has 0 heterocycles. The van der Waals surface area contributed by atoms with Crippen LogP contribution in [0.3, 0.4) is 0 Å². The van der Waals surface area contributed by atoms with E-state index < -0.39 is 6.16 Å². The Labute approximate surface area is 102 Å². The molecule has 1 rings (SSSR count). The smallest absolute Gasteiger partial charge is 0.421 e. The summed E-state index contributed by atoms with van der Waals surface area (Å²) in [7, 11) is 0. The fraction of sp³-hybridized carbons (Fsp3) is 0.182. The third kappa shape index (κ3) is 4.70. The van der Waals surface area contributed by atoms with Crippen molar-refractivity contribution in [1.82, 2.24) is 0 Å². The van der Waals surface area contributed by atoms with Gasteiger partial charge in [0.25, 0.3) is 0 Å². The molecule has 15 heavy (non-hydrogen) atoms. The molecule has 1 aromatic carbocycles. The highest BCUT2D eigenvalue weighted by Crippen LogP contribution is 2.12. The van der Waals surface area contributed by atoms with Crippen molar-refractivity contribution in [2.75, 3.05) is 6.61 Å². The molecular weight excluding hydrogens is 307 g/mol. The molecule has 0 amide bonds. The van der Waals surface area contributed by atoms with Crippen molar-refractivity contribution in [3.05, 3.63) is 29.8 Å². The summed E-state index contributed by atoms with van der Waals surface area (Å²) in [5, 5.41) is 0. The van der Waals surface area contributed by atoms with Crippen LogP contribution in [-0.4, -0.2) is 12.8 Å². The minimum absolute atomic E-state index is 0.0492. The average molecular weight is 316 g/mol. The van der Waals surface area contributed by atoms with Crippen LogP contribution in [0.2, 0.25) is 0 Å². The standard InChI is InChI=1S/C11H9IO3/c1-9-4-2-5-10(8-9)15-11(13)14-7-3-6-12/h2,4-5,8H,7H2,1H3. The number of carbonyl (C=O) groups is 1. The quantitative estimate of drug-likeness (QED) is 0.364. The maximum absolute atomic E-state index is 11.1. The molecule has 4 heteroatoms. The van der Waals surface area contributed by atoms with Gasteiger partial charge in [0.15, 0.2) is 6.61 Å². The predicted octanol–water partition coefficient (Wildman–Crippen LogP) is 2.91. The van der Waals surface area contributed by atoms with Crippen molar-refractivity contribution >= 4 is 28.7 Å². The van der Waals surface area contributed by atoms with E-state index in [0.717, 1.165) is 5.56 Å². The first-order valence-electron chi connectivity index (χ1n) is 4.22. The van der Waals surface area contributed by atoms with E-state index in [0.29, 0.717) is 5.75 Å². The summed E-state index contributed by atoms with van der Waals surface area (Å²) >= 11 is 1.87. The molecule has 3 nitrogen and oxygen atoms in total. The first kappa shape index (κ1) is 11.9. The number of ether oxygens (including phenoxy) is 2. The molecule has 0 N–H and O–H groups in total. The van der Waals surface area contributed by atoms with E-state index in [1.54, 1.807) is 12.1 Å². The van der Waals surface area contributed by atoms with Crippen molar-refractivity contribution in [2.45, 2.75) is 6.92 Å². The lowest BCUT2D eigenvalue weighted by atomic mass is 10.2. The summed E-state index contributed by atoms with van der Waals surface area (Å²) < 4.78 is 12.2. The third-order valence-corrected chi connectivity index (χ3v) is 1.90. The van der Waals surface area contributed by atoms with Crippen molar-refractivity contribution in [3.8, 4) is 15.6 Å². The van der Waals surface area contributed by atoms with Gasteiger partial charge < -0.3 is 9.47 Å². The van der Waals surface area contributed by atoms with E-state index >= 15 is 0 Å². The number of halogens is 1. The van der Waals surface area contributed by atoms with Crippen LogP contribution in [0.4, 0.5) is 4.79 Å². The topological polar surface area (TPSA) is 35.5 Å². The summed E-state index contributed by atoms with van der Waals surface area (Å²) in [5.41, 5.74) is 1.02. The number of hydrogen-bond acceptors (Lipinski definition) is 3. The Bertz CT molecular complexity index is 404. The molecule has 0 unspecified atom stereocenters. The van der Waals surface area contributed by atoms with Gasteiger partial charge in [-0.15, -0.1) is 0 Å². The van der Waals surface area contributed by atoms with Crippen LogP contribution < -0.4 is 4.74 Å². The second-order valence-electron chi connectivity index (χ2n) is 2.73. The Morgan fingerprint density at radius 3 is 3.00 bits per heavy atom. The first-order chi connectivity index (χ1) is 7.22. The lowest BCUT2D eigenvalue weighted by molar-refractivity contribution is 0.111. The van der Waals surface area contributed by atoms with E-state index in [1.165, 1.54) is 0 Å². The van der Waals surface area contributed by atoms with Crippen LogP contribution in [0.5, 0.6) is 5.75 Å². The van der Waals surface area contributed by atoms with Crippen LogP contribution in [0.15, 0.2) is 24.3 Å². The molecule has 0 saturated heterocycles. The molecule has 0 fully saturated rings. The van der Waals surface area contributed by atoms with E-state index in [9.17, 15) is 4.79 Å². The van der Waals surface area contributed by atoms with Crippen molar-refractivity contribution < 1.29 is 14.3 Å². The average Bonchev–Trinajstić information content (AvgIpc) is 2.18. The highest BCUT2D eigenvalue weighted by molar-refractivity contribution is 14.1. The molecule has 78 valence electrons. The number of benzene rings is 1. The maximum Gasteiger partial charge on any atom is 0.514 e. The summed E-state index contributed by atoms with van der Waals surface area (Å²) in [4.78, 5) is 11.1. The van der Waals surface area contributed by atoms with E-state index in [4.69, 9.17) is 4.74 Å². The first-order valence-corrected chi connectivity index (χ1v) is 5.30. The summed E-state index contributed by atoms with van der Waals surface area (Å²) in [6.45, 7) is 1.97. The van der Waals surface area contributed by atoms with Crippen LogP contribution in [0.25, 0.3) is 0 Å². The monoisotopic (exact) mass is 316 g/mol. The number of carbonyl (C=O) groups excluding carboxylic acids is 1. The molecular formula is C11H9IO3. The minimum Gasteiger partial charge on any atom is -0.421 e. The van der Waals surface area contributed by atoms with Crippen LogP contribution in [-0.2, 0) is 4.74 Å². The molecule has 0 radical (unpaired) electrons. The number of aryl methyl sites for hydroxylation is 1. The van der Waals surface area contributed by atoms with Gasteiger partial charge in [-0.1, -0.05) is 18.1 Å². The fourth-order valence-electron chi connectivity index (χ4n) is 0.927. The van der Waals surface area contributed by atoms with Gasteiger partial charge in [0.2, 0.25) is 0 Å². The van der Waals surface area contributed by atoms with Gasteiger partial charge in [-0.2, -0.15) is 0 Å². The van der Waals surface area contributed by atoms with Crippen molar-refractivity contribution in [3.63, 3.8) is 0 Å². The zero-order valence-corrected chi connectivity index (χ0v) is 10.3. The lowest BCUT2D eigenvalue weighted by Crippen LogP contribution is -2.10. The minimum atomic E-state index is -0.736. The zero-order chi connectivity index (χ0) is 11.1. The Kier molecular flexibility index (Phi) is 4.98.